The Hall–Kier alpha value is -2.37. The van der Waals surface area contributed by atoms with Crippen molar-refractivity contribution in [3.63, 3.8) is 0 Å². The third-order valence-electron chi connectivity index (χ3n) is 3.20. The molecule has 1 amide bonds. The molecule has 0 aliphatic carbocycles. The number of aromatic nitrogens is 3. The van der Waals surface area contributed by atoms with E-state index in [1.165, 1.54) is 0 Å². The van der Waals surface area contributed by atoms with Gasteiger partial charge in [-0.1, -0.05) is 0 Å². The van der Waals surface area contributed by atoms with Gasteiger partial charge in [0, 0.05) is 24.8 Å². The fourth-order valence-electron chi connectivity index (χ4n) is 2.03. The van der Waals surface area contributed by atoms with Crippen molar-refractivity contribution in [3.8, 4) is 0 Å². The molecule has 6 heteroatoms. The lowest BCUT2D eigenvalue weighted by molar-refractivity contribution is 0.0949. The van der Waals surface area contributed by atoms with Gasteiger partial charge in [0.1, 0.15) is 6.33 Å². The normalized spacial score (nSPS) is 10.3. The molecule has 6 nitrogen and oxygen atoms in total. The second-order valence-electron chi connectivity index (χ2n) is 4.50. The molecule has 0 bridgehead atoms. The molecule has 2 aromatic rings. The van der Waals surface area contributed by atoms with Gasteiger partial charge >= 0.3 is 0 Å². The molecule has 0 spiro atoms. The van der Waals surface area contributed by atoms with Crippen LogP contribution < -0.4 is 10.6 Å². The molecule has 0 atom stereocenters. The van der Waals surface area contributed by atoms with E-state index in [0.29, 0.717) is 12.1 Å². The van der Waals surface area contributed by atoms with Crippen LogP contribution in [0.5, 0.6) is 0 Å². The van der Waals surface area contributed by atoms with Crippen LogP contribution in [-0.4, -0.2) is 27.7 Å². The molecule has 0 radical (unpaired) electrons. The van der Waals surface area contributed by atoms with Crippen molar-refractivity contribution < 1.29 is 4.79 Å². The first-order valence-electron chi connectivity index (χ1n) is 6.59. The van der Waals surface area contributed by atoms with E-state index in [4.69, 9.17) is 0 Å². The predicted molar refractivity (Wildman–Crippen MR) is 77.6 cm³/mol. The van der Waals surface area contributed by atoms with Crippen LogP contribution in [0.3, 0.4) is 0 Å². The Morgan fingerprint density at radius 3 is 2.85 bits per heavy atom. The quantitative estimate of drug-likeness (QED) is 0.867. The minimum absolute atomic E-state index is 0.110. The summed E-state index contributed by atoms with van der Waals surface area (Å²) in [4.78, 5) is 12.1. The van der Waals surface area contributed by atoms with E-state index >= 15 is 0 Å². The third-order valence-corrected chi connectivity index (χ3v) is 3.20. The number of rotatable bonds is 5. The zero-order valence-corrected chi connectivity index (χ0v) is 12.0. The zero-order valence-electron chi connectivity index (χ0n) is 12.0. The molecule has 0 unspecified atom stereocenters. The van der Waals surface area contributed by atoms with Gasteiger partial charge < -0.3 is 15.2 Å². The molecule has 20 heavy (non-hydrogen) atoms. The maximum absolute atomic E-state index is 12.1. The smallest absolute Gasteiger partial charge is 0.251 e. The van der Waals surface area contributed by atoms with Crippen molar-refractivity contribution in [3.05, 3.63) is 41.5 Å². The fraction of sp³-hybridized carbons (Fsp3) is 0.357. The van der Waals surface area contributed by atoms with Crippen molar-refractivity contribution in [1.29, 1.82) is 0 Å². The lowest BCUT2D eigenvalue weighted by Crippen LogP contribution is -2.24. The molecule has 0 saturated carbocycles. The number of carbonyl (C=O) groups excluding carboxylic acids is 1. The maximum Gasteiger partial charge on any atom is 0.251 e. The largest absolute Gasteiger partial charge is 0.388 e. The molecule has 1 heterocycles. The van der Waals surface area contributed by atoms with Crippen LogP contribution in [0.15, 0.2) is 24.5 Å². The van der Waals surface area contributed by atoms with Crippen LogP contribution in [0.4, 0.5) is 5.69 Å². The summed E-state index contributed by atoms with van der Waals surface area (Å²) in [6.07, 6.45) is 1.66. The summed E-state index contributed by atoms with van der Waals surface area (Å²) in [6, 6.07) is 5.57. The standard InChI is InChI=1S/C14H19N5O/c1-4-19-9-17-18-13(19)8-16-14(20)11-5-6-12(15-3)10(2)7-11/h5-7,9,15H,4,8H2,1-3H3,(H,16,20). The Bertz CT molecular complexity index is 605. The van der Waals surface area contributed by atoms with Gasteiger partial charge in [0.05, 0.1) is 6.54 Å². The zero-order chi connectivity index (χ0) is 14.5. The first kappa shape index (κ1) is 14.0. The molecule has 2 N–H and O–H groups in total. The summed E-state index contributed by atoms with van der Waals surface area (Å²) in [5.74, 6) is 0.644. The summed E-state index contributed by atoms with van der Waals surface area (Å²) in [5, 5.41) is 13.8. The number of benzene rings is 1. The van der Waals surface area contributed by atoms with E-state index in [1.807, 2.05) is 37.6 Å². The van der Waals surface area contributed by atoms with Crippen molar-refractivity contribution in [2.24, 2.45) is 0 Å². The molecular formula is C14H19N5O. The lowest BCUT2D eigenvalue weighted by atomic mass is 10.1. The highest BCUT2D eigenvalue weighted by Crippen LogP contribution is 2.15. The molecular weight excluding hydrogens is 254 g/mol. The Balaban J connectivity index is 2.03. The van der Waals surface area contributed by atoms with Crippen LogP contribution in [0.25, 0.3) is 0 Å². The van der Waals surface area contributed by atoms with Gasteiger partial charge in [-0.05, 0) is 37.6 Å². The van der Waals surface area contributed by atoms with Crippen molar-refractivity contribution in [2.75, 3.05) is 12.4 Å². The number of hydrogen-bond donors (Lipinski definition) is 2. The van der Waals surface area contributed by atoms with Gasteiger partial charge in [-0.2, -0.15) is 0 Å². The molecule has 0 saturated heterocycles. The first-order chi connectivity index (χ1) is 9.65. The second kappa shape index (κ2) is 6.18. The second-order valence-corrected chi connectivity index (χ2v) is 4.50. The van der Waals surface area contributed by atoms with Gasteiger partial charge in [-0.3, -0.25) is 4.79 Å². The highest BCUT2D eigenvalue weighted by atomic mass is 16.1. The Morgan fingerprint density at radius 2 is 2.20 bits per heavy atom. The van der Waals surface area contributed by atoms with E-state index in [9.17, 15) is 4.79 Å². The Morgan fingerprint density at radius 1 is 1.40 bits per heavy atom. The number of aryl methyl sites for hydroxylation is 2. The van der Waals surface area contributed by atoms with Gasteiger partial charge in [-0.15, -0.1) is 10.2 Å². The molecule has 0 aliphatic heterocycles. The van der Waals surface area contributed by atoms with Crippen LogP contribution >= 0.6 is 0 Å². The summed E-state index contributed by atoms with van der Waals surface area (Å²) in [5.41, 5.74) is 2.70. The van der Waals surface area contributed by atoms with Gasteiger partial charge in [0.2, 0.25) is 0 Å². The fourth-order valence-corrected chi connectivity index (χ4v) is 2.03. The van der Waals surface area contributed by atoms with Gasteiger partial charge in [0.15, 0.2) is 5.82 Å². The monoisotopic (exact) mass is 273 g/mol. The maximum atomic E-state index is 12.1. The molecule has 1 aromatic heterocycles. The highest BCUT2D eigenvalue weighted by Gasteiger charge is 2.09. The van der Waals surface area contributed by atoms with Crippen LogP contribution in [0.2, 0.25) is 0 Å². The minimum atomic E-state index is -0.110. The van der Waals surface area contributed by atoms with Crippen molar-refractivity contribution >= 4 is 11.6 Å². The van der Waals surface area contributed by atoms with Gasteiger partial charge in [0.25, 0.3) is 5.91 Å². The highest BCUT2D eigenvalue weighted by molar-refractivity contribution is 5.94. The number of carbonyl (C=O) groups is 1. The van der Waals surface area contributed by atoms with Crippen LogP contribution in [-0.2, 0) is 13.1 Å². The van der Waals surface area contributed by atoms with Crippen LogP contribution in [0, 0.1) is 6.92 Å². The van der Waals surface area contributed by atoms with Gasteiger partial charge in [-0.25, -0.2) is 0 Å². The van der Waals surface area contributed by atoms with E-state index in [2.05, 4.69) is 20.8 Å². The van der Waals surface area contributed by atoms with Crippen molar-refractivity contribution in [2.45, 2.75) is 26.9 Å². The summed E-state index contributed by atoms with van der Waals surface area (Å²) < 4.78 is 1.90. The molecule has 2 rings (SSSR count). The van der Waals surface area contributed by atoms with E-state index in [0.717, 1.165) is 23.6 Å². The average molecular weight is 273 g/mol. The summed E-state index contributed by atoms with van der Waals surface area (Å²) in [7, 11) is 1.86. The van der Waals surface area contributed by atoms with E-state index in [1.54, 1.807) is 12.4 Å². The van der Waals surface area contributed by atoms with Crippen molar-refractivity contribution in [1.82, 2.24) is 20.1 Å². The summed E-state index contributed by atoms with van der Waals surface area (Å²) >= 11 is 0. The molecule has 1 aromatic carbocycles. The average Bonchev–Trinajstić information content (AvgIpc) is 2.92. The minimum Gasteiger partial charge on any atom is -0.388 e. The molecule has 0 aliphatic rings. The molecule has 106 valence electrons. The molecule has 0 fully saturated rings. The SMILES string of the molecule is CCn1cnnc1CNC(=O)c1ccc(NC)c(C)c1. The Labute approximate surface area is 118 Å². The van der Waals surface area contributed by atoms with Crippen LogP contribution in [0.1, 0.15) is 28.7 Å². The number of nitrogens with zero attached hydrogens (tertiary/aromatic N) is 3. The number of amides is 1. The van der Waals surface area contributed by atoms with E-state index < -0.39 is 0 Å². The number of hydrogen-bond acceptors (Lipinski definition) is 4. The first-order valence-corrected chi connectivity index (χ1v) is 6.59. The third kappa shape index (κ3) is 2.96. The predicted octanol–water partition coefficient (Wildman–Crippen LogP) is 1.58. The number of anilines is 1. The Kier molecular flexibility index (Phi) is 4.34. The topological polar surface area (TPSA) is 71.8 Å². The number of nitrogens with one attached hydrogen (secondary N) is 2. The summed E-state index contributed by atoms with van der Waals surface area (Å²) in [6.45, 7) is 5.14. The van der Waals surface area contributed by atoms with E-state index in [-0.39, 0.29) is 5.91 Å². The lowest BCUT2D eigenvalue weighted by Gasteiger charge is -2.09.